The van der Waals surface area contributed by atoms with Crippen molar-refractivity contribution < 1.29 is 14.4 Å². The van der Waals surface area contributed by atoms with E-state index in [1.54, 1.807) is 18.2 Å². The van der Waals surface area contributed by atoms with Crippen LogP contribution >= 0.6 is 0 Å². The third kappa shape index (κ3) is 2.73. The van der Waals surface area contributed by atoms with Gasteiger partial charge in [0.05, 0.1) is 16.8 Å². The summed E-state index contributed by atoms with van der Waals surface area (Å²) in [5.41, 5.74) is 2.38. The number of amides is 2. The number of hydrogen-bond acceptors (Lipinski definition) is 4. The summed E-state index contributed by atoms with van der Waals surface area (Å²) in [6.07, 6.45) is 9.77. The standard InChI is InChI=1S/C21H16N2O3/c24-13-14-6-11-18-19(12-14)21(26)23(20(18)25)17-9-7-16(8-10-17)22-15-4-2-1-3-5-15/h1-4,6-13,15,22H,5H2. The second-order valence-corrected chi connectivity index (χ2v) is 6.22. The molecular formula is C21H16N2O3. The summed E-state index contributed by atoms with van der Waals surface area (Å²) in [6.45, 7) is 0. The van der Waals surface area contributed by atoms with Crippen molar-refractivity contribution >= 4 is 29.5 Å². The van der Waals surface area contributed by atoms with E-state index in [9.17, 15) is 14.4 Å². The summed E-state index contributed by atoms with van der Waals surface area (Å²) >= 11 is 0. The number of nitrogens with zero attached hydrogens (tertiary/aromatic N) is 1. The molecule has 128 valence electrons. The van der Waals surface area contributed by atoms with Crippen LogP contribution in [0.15, 0.2) is 66.8 Å². The second-order valence-electron chi connectivity index (χ2n) is 6.22. The van der Waals surface area contributed by atoms with Crippen LogP contribution in [-0.2, 0) is 0 Å². The fourth-order valence-corrected chi connectivity index (χ4v) is 3.17. The lowest BCUT2D eigenvalue weighted by Gasteiger charge is -2.18. The first-order chi connectivity index (χ1) is 12.7. The van der Waals surface area contributed by atoms with Crippen molar-refractivity contribution in [3.63, 3.8) is 0 Å². The van der Waals surface area contributed by atoms with Crippen molar-refractivity contribution in [1.29, 1.82) is 0 Å². The van der Waals surface area contributed by atoms with E-state index in [0.717, 1.165) is 17.0 Å². The molecule has 5 heteroatoms. The molecule has 2 aliphatic rings. The lowest BCUT2D eigenvalue weighted by Crippen LogP contribution is -2.29. The van der Waals surface area contributed by atoms with Gasteiger partial charge >= 0.3 is 0 Å². The molecule has 5 nitrogen and oxygen atoms in total. The van der Waals surface area contributed by atoms with Gasteiger partial charge in [-0.05, 0) is 42.8 Å². The highest BCUT2D eigenvalue weighted by molar-refractivity contribution is 6.34. The minimum absolute atomic E-state index is 0.229. The van der Waals surface area contributed by atoms with Gasteiger partial charge in [0.15, 0.2) is 0 Å². The number of fused-ring (bicyclic) bond motifs is 1. The summed E-state index contributed by atoms with van der Waals surface area (Å²) in [5.74, 6) is -0.779. The smallest absolute Gasteiger partial charge is 0.266 e. The van der Waals surface area contributed by atoms with E-state index in [1.807, 2.05) is 24.3 Å². The van der Waals surface area contributed by atoms with E-state index in [0.29, 0.717) is 23.1 Å². The number of benzene rings is 2. The SMILES string of the molecule is O=Cc1ccc2c(c1)C(=O)N(c1ccc(NC3C=CC=CC3)cc1)C2=O. The maximum atomic E-state index is 12.6. The molecule has 2 amide bonds. The average Bonchev–Trinajstić information content (AvgIpc) is 2.93. The molecule has 2 aromatic rings. The number of carbonyl (C=O) groups is 3. The van der Waals surface area contributed by atoms with Crippen molar-refractivity contribution in [2.45, 2.75) is 12.5 Å². The minimum atomic E-state index is -0.408. The molecule has 0 bridgehead atoms. The minimum Gasteiger partial charge on any atom is -0.379 e. The number of hydrogen-bond donors (Lipinski definition) is 1. The molecule has 0 radical (unpaired) electrons. The van der Waals surface area contributed by atoms with Crippen LogP contribution in [0.1, 0.15) is 37.5 Å². The quantitative estimate of drug-likeness (QED) is 0.680. The average molecular weight is 344 g/mol. The third-order valence-electron chi connectivity index (χ3n) is 4.50. The predicted octanol–water partition coefficient (Wildman–Crippen LogP) is 3.60. The Kier molecular flexibility index (Phi) is 3.97. The van der Waals surface area contributed by atoms with Gasteiger partial charge in [0.1, 0.15) is 6.29 Å². The Balaban J connectivity index is 1.57. The summed E-state index contributed by atoms with van der Waals surface area (Å²) in [5, 5.41) is 3.39. The summed E-state index contributed by atoms with van der Waals surface area (Å²) in [4.78, 5) is 37.3. The molecule has 1 heterocycles. The molecule has 0 fully saturated rings. The first kappa shape index (κ1) is 16.0. The van der Waals surface area contributed by atoms with E-state index >= 15 is 0 Å². The molecule has 1 atom stereocenters. The van der Waals surface area contributed by atoms with E-state index in [1.165, 1.54) is 12.1 Å². The first-order valence-electron chi connectivity index (χ1n) is 8.35. The normalized spacial score (nSPS) is 18.2. The molecule has 0 saturated carbocycles. The fraction of sp³-hybridized carbons (Fsp3) is 0.0952. The van der Waals surface area contributed by atoms with Gasteiger partial charge in [-0.25, -0.2) is 4.90 Å². The monoisotopic (exact) mass is 344 g/mol. The largest absolute Gasteiger partial charge is 0.379 e. The molecule has 1 unspecified atom stereocenters. The molecule has 0 spiro atoms. The highest BCUT2D eigenvalue weighted by atomic mass is 16.2. The van der Waals surface area contributed by atoms with Crippen LogP contribution in [0.2, 0.25) is 0 Å². The third-order valence-corrected chi connectivity index (χ3v) is 4.50. The molecule has 2 aromatic carbocycles. The molecule has 0 aromatic heterocycles. The number of rotatable bonds is 4. The van der Waals surface area contributed by atoms with Crippen molar-refractivity contribution in [3.8, 4) is 0 Å². The Labute approximate surface area is 150 Å². The zero-order chi connectivity index (χ0) is 18.1. The van der Waals surface area contributed by atoms with Crippen LogP contribution in [0.5, 0.6) is 0 Å². The van der Waals surface area contributed by atoms with Gasteiger partial charge in [-0.15, -0.1) is 0 Å². The van der Waals surface area contributed by atoms with Gasteiger partial charge in [-0.1, -0.05) is 30.4 Å². The number of nitrogens with one attached hydrogen (secondary N) is 1. The lowest BCUT2D eigenvalue weighted by atomic mass is 10.1. The highest BCUT2D eigenvalue weighted by Crippen LogP contribution is 2.30. The first-order valence-corrected chi connectivity index (χ1v) is 8.35. The topological polar surface area (TPSA) is 66.5 Å². The number of aldehydes is 1. The summed E-state index contributed by atoms with van der Waals surface area (Å²) in [6, 6.07) is 11.9. The van der Waals surface area contributed by atoms with Crippen LogP contribution < -0.4 is 10.2 Å². The van der Waals surface area contributed by atoms with Crippen molar-refractivity contribution in [1.82, 2.24) is 0 Å². The molecule has 26 heavy (non-hydrogen) atoms. The summed E-state index contributed by atoms with van der Waals surface area (Å²) < 4.78 is 0. The molecule has 1 aliphatic carbocycles. The number of imide groups is 1. The summed E-state index contributed by atoms with van der Waals surface area (Å²) in [7, 11) is 0. The Morgan fingerprint density at radius 2 is 1.73 bits per heavy atom. The van der Waals surface area contributed by atoms with Gasteiger partial charge in [-0.3, -0.25) is 14.4 Å². The fourth-order valence-electron chi connectivity index (χ4n) is 3.17. The Bertz CT molecular complexity index is 958. The van der Waals surface area contributed by atoms with Gasteiger partial charge in [0.25, 0.3) is 11.8 Å². The zero-order valence-electron chi connectivity index (χ0n) is 13.9. The molecule has 0 saturated heterocycles. The van der Waals surface area contributed by atoms with Crippen LogP contribution in [-0.4, -0.2) is 24.1 Å². The van der Waals surface area contributed by atoms with Crippen LogP contribution in [0, 0.1) is 0 Å². The van der Waals surface area contributed by atoms with Crippen molar-refractivity contribution in [2.75, 3.05) is 10.2 Å². The zero-order valence-corrected chi connectivity index (χ0v) is 13.9. The number of carbonyl (C=O) groups excluding carboxylic acids is 3. The Morgan fingerprint density at radius 1 is 0.962 bits per heavy atom. The second kappa shape index (κ2) is 6.44. The van der Waals surface area contributed by atoms with Gasteiger partial charge in [0.2, 0.25) is 0 Å². The predicted molar refractivity (Wildman–Crippen MR) is 99.7 cm³/mol. The van der Waals surface area contributed by atoms with E-state index < -0.39 is 5.91 Å². The van der Waals surface area contributed by atoms with E-state index in [2.05, 4.69) is 17.5 Å². The van der Waals surface area contributed by atoms with E-state index in [4.69, 9.17) is 0 Å². The van der Waals surface area contributed by atoms with Gasteiger partial charge in [0, 0.05) is 17.3 Å². The number of allylic oxidation sites excluding steroid dienone is 2. The van der Waals surface area contributed by atoms with Gasteiger partial charge < -0.3 is 5.32 Å². The van der Waals surface area contributed by atoms with Gasteiger partial charge in [-0.2, -0.15) is 0 Å². The number of anilines is 2. The van der Waals surface area contributed by atoms with Crippen LogP contribution in [0.3, 0.4) is 0 Å². The molecule has 1 N–H and O–H groups in total. The van der Waals surface area contributed by atoms with Crippen LogP contribution in [0.4, 0.5) is 11.4 Å². The molecule has 1 aliphatic heterocycles. The van der Waals surface area contributed by atoms with E-state index in [-0.39, 0.29) is 17.5 Å². The Hall–Kier alpha value is -3.47. The Morgan fingerprint density at radius 3 is 2.42 bits per heavy atom. The van der Waals surface area contributed by atoms with Crippen molar-refractivity contribution in [2.24, 2.45) is 0 Å². The van der Waals surface area contributed by atoms with Crippen molar-refractivity contribution in [3.05, 3.63) is 83.5 Å². The lowest BCUT2D eigenvalue weighted by molar-refractivity contribution is 0.0926. The maximum absolute atomic E-state index is 12.6. The molecular weight excluding hydrogens is 328 g/mol. The molecule has 4 rings (SSSR count). The maximum Gasteiger partial charge on any atom is 0.266 e. The van der Waals surface area contributed by atoms with Crippen LogP contribution in [0.25, 0.3) is 0 Å². The highest BCUT2D eigenvalue weighted by Gasteiger charge is 2.36.